The summed E-state index contributed by atoms with van der Waals surface area (Å²) in [6, 6.07) is 1.65. The van der Waals surface area contributed by atoms with Gasteiger partial charge in [-0.25, -0.2) is 0 Å². The van der Waals surface area contributed by atoms with Crippen molar-refractivity contribution < 1.29 is 4.79 Å². The molecule has 2 rings (SSSR count). The Balaban J connectivity index is 1.70. The van der Waals surface area contributed by atoms with E-state index in [9.17, 15) is 4.79 Å². The van der Waals surface area contributed by atoms with Crippen molar-refractivity contribution in [2.75, 3.05) is 6.54 Å². The Labute approximate surface area is 98.8 Å². The van der Waals surface area contributed by atoms with Crippen molar-refractivity contribution in [1.29, 1.82) is 0 Å². The molecule has 0 saturated heterocycles. The van der Waals surface area contributed by atoms with E-state index >= 15 is 0 Å². The van der Waals surface area contributed by atoms with Crippen LogP contribution in [0, 0.1) is 6.92 Å². The molecule has 0 saturated carbocycles. The lowest BCUT2D eigenvalue weighted by Crippen LogP contribution is -2.25. The molecule has 0 radical (unpaired) electrons. The molecule has 6 heteroatoms. The standard InChI is InChI=1S/C11H15N5O/c1-8-9(7-14-15-8)3-2-5-12-11(17)10-4-6-13-16-10/h4,6-7H,2-3,5H2,1H3,(H,12,17)(H,13,16)(H,14,15). The topological polar surface area (TPSA) is 86.5 Å². The Kier molecular flexibility index (Phi) is 3.54. The summed E-state index contributed by atoms with van der Waals surface area (Å²) in [5.74, 6) is -0.119. The van der Waals surface area contributed by atoms with Gasteiger partial charge in [0.25, 0.3) is 5.91 Å². The Morgan fingerprint density at radius 1 is 1.41 bits per heavy atom. The summed E-state index contributed by atoms with van der Waals surface area (Å²) in [4.78, 5) is 11.5. The van der Waals surface area contributed by atoms with Crippen LogP contribution in [-0.4, -0.2) is 32.8 Å². The first-order chi connectivity index (χ1) is 8.27. The Morgan fingerprint density at radius 2 is 2.29 bits per heavy atom. The molecule has 0 unspecified atom stereocenters. The van der Waals surface area contributed by atoms with Gasteiger partial charge < -0.3 is 5.32 Å². The lowest BCUT2D eigenvalue weighted by molar-refractivity contribution is 0.0948. The van der Waals surface area contributed by atoms with E-state index in [0.29, 0.717) is 12.2 Å². The van der Waals surface area contributed by atoms with E-state index in [1.165, 1.54) is 5.56 Å². The van der Waals surface area contributed by atoms with E-state index in [4.69, 9.17) is 0 Å². The summed E-state index contributed by atoms with van der Waals surface area (Å²) >= 11 is 0. The summed E-state index contributed by atoms with van der Waals surface area (Å²) in [7, 11) is 0. The molecule has 0 aliphatic carbocycles. The predicted octanol–water partition coefficient (Wildman–Crippen LogP) is 0.804. The van der Waals surface area contributed by atoms with Crippen molar-refractivity contribution in [3.63, 3.8) is 0 Å². The average molecular weight is 233 g/mol. The van der Waals surface area contributed by atoms with Gasteiger partial charge in [-0.15, -0.1) is 0 Å². The highest BCUT2D eigenvalue weighted by molar-refractivity contribution is 5.91. The van der Waals surface area contributed by atoms with E-state index in [0.717, 1.165) is 18.5 Å². The minimum atomic E-state index is -0.119. The first kappa shape index (κ1) is 11.4. The van der Waals surface area contributed by atoms with Crippen LogP contribution in [-0.2, 0) is 6.42 Å². The highest BCUT2D eigenvalue weighted by Crippen LogP contribution is 2.05. The van der Waals surface area contributed by atoms with Crippen LogP contribution < -0.4 is 5.32 Å². The molecule has 2 heterocycles. The van der Waals surface area contributed by atoms with Crippen LogP contribution in [0.15, 0.2) is 18.5 Å². The van der Waals surface area contributed by atoms with E-state index in [2.05, 4.69) is 25.7 Å². The number of hydrogen-bond acceptors (Lipinski definition) is 3. The van der Waals surface area contributed by atoms with Crippen LogP contribution in [0.1, 0.15) is 28.2 Å². The number of nitrogens with one attached hydrogen (secondary N) is 3. The van der Waals surface area contributed by atoms with E-state index in [-0.39, 0.29) is 5.91 Å². The third kappa shape index (κ3) is 2.93. The maximum Gasteiger partial charge on any atom is 0.269 e. The predicted molar refractivity (Wildman–Crippen MR) is 62.6 cm³/mol. The number of rotatable bonds is 5. The molecule has 3 N–H and O–H groups in total. The molecular formula is C11H15N5O. The summed E-state index contributed by atoms with van der Waals surface area (Å²) in [5, 5.41) is 16.0. The zero-order valence-corrected chi connectivity index (χ0v) is 9.66. The average Bonchev–Trinajstić information content (AvgIpc) is 2.96. The van der Waals surface area contributed by atoms with Crippen molar-refractivity contribution in [3.05, 3.63) is 35.4 Å². The van der Waals surface area contributed by atoms with E-state index < -0.39 is 0 Å². The number of carbonyl (C=O) groups is 1. The number of amides is 1. The number of H-pyrrole nitrogens is 2. The maximum absolute atomic E-state index is 11.5. The van der Waals surface area contributed by atoms with Crippen molar-refractivity contribution in [2.45, 2.75) is 19.8 Å². The fourth-order valence-corrected chi connectivity index (χ4v) is 1.59. The molecule has 0 aromatic carbocycles. The second kappa shape index (κ2) is 5.29. The fraction of sp³-hybridized carbons (Fsp3) is 0.364. The second-order valence-corrected chi connectivity index (χ2v) is 3.85. The number of nitrogens with zero attached hydrogens (tertiary/aromatic N) is 2. The highest BCUT2D eigenvalue weighted by atomic mass is 16.1. The van der Waals surface area contributed by atoms with E-state index in [1.54, 1.807) is 12.3 Å². The number of hydrogen-bond donors (Lipinski definition) is 3. The van der Waals surface area contributed by atoms with Crippen LogP contribution in [0.25, 0.3) is 0 Å². The number of aromatic amines is 2. The first-order valence-electron chi connectivity index (χ1n) is 5.54. The molecule has 0 atom stereocenters. The molecule has 1 amide bonds. The summed E-state index contributed by atoms with van der Waals surface area (Å²) in [6.45, 7) is 2.63. The van der Waals surface area contributed by atoms with Crippen LogP contribution in [0.5, 0.6) is 0 Å². The van der Waals surface area contributed by atoms with Crippen molar-refractivity contribution >= 4 is 5.91 Å². The summed E-state index contributed by atoms with van der Waals surface area (Å²) in [5.41, 5.74) is 2.77. The van der Waals surface area contributed by atoms with Crippen molar-refractivity contribution in [2.24, 2.45) is 0 Å². The second-order valence-electron chi connectivity index (χ2n) is 3.85. The number of aryl methyl sites for hydroxylation is 2. The van der Waals surface area contributed by atoms with Crippen LogP contribution >= 0.6 is 0 Å². The quantitative estimate of drug-likeness (QED) is 0.668. The summed E-state index contributed by atoms with van der Waals surface area (Å²) < 4.78 is 0. The van der Waals surface area contributed by atoms with Gasteiger partial charge in [0.2, 0.25) is 0 Å². The lowest BCUT2D eigenvalue weighted by atomic mass is 10.1. The van der Waals surface area contributed by atoms with Crippen LogP contribution in [0.4, 0.5) is 0 Å². The molecule has 0 spiro atoms. The monoisotopic (exact) mass is 233 g/mol. The Bertz CT molecular complexity index is 474. The van der Waals surface area contributed by atoms with Crippen molar-refractivity contribution in [1.82, 2.24) is 25.7 Å². The molecular weight excluding hydrogens is 218 g/mol. The van der Waals surface area contributed by atoms with Gasteiger partial charge in [0.15, 0.2) is 0 Å². The van der Waals surface area contributed by atoms with Gasteiger partial charge in [0, 0.05) is 18.4 Å². The van der Waals surface area contributed by atoms with Gasteiger partial charge in [0.05, 0.1) is 6.20 Å². The van der Waals surface area contributed by atoms with Crippen LogP contribution in [0.2, 0.25) is 0 Å². The van der Waals surface area contributed by atoms with Gasteiger partial charge in [-0.2, -0.15) is 10.2 Å². The van der Waals surface area contributed by atoms with Crippen molar-refractivity contribution in [3.8, 4) is 0 Å². The minimum Gasteiger partial charge on any atom is -0.351 e. The van der Waals surface area contributed by atoms with Gasteiger partial charge in [0.1, 0.15) is 5.69 Å². The van der Waals surface area contributed by atoms with Gasteiger partial charge in [-0.05, 0) is 31.4 Å². The zero-order chi connectivity index (χ0) is 12.1. The Morgan fingerprint density at radius 3 is 2.94 bits per heavy atom. The largest absolute Gasteiger partial charge is 0.351 e. The number of aromatic nitrogens is 4. The molecule has 0 bridgehead atoms. The van der Waals surface area contributed by atoms with Gasteiger partial charge >= 0.3 is 0 Å². The molecule has 17 heavy (non-hydrogen) atoms. The highest BCUT2D eigenvalue weighted by Gasteiger charge is 2.05. The van der Waals surface area contributed by atoms with Gasteiger partial charge in [-0.1, -0.05) is 0 Å². The zero-order valence-electron chi connectivity index (χ0n) is 9.66. The Hall–Kier alpha value is -2.11. The third-order valence-corrected chi connectivity index (χ3v) is 2.59. The SMILES string of the molecule is Cc1[nH]ncc1CCCNC(=O)c1ccn[nH]1. The molecule has 6 nitrogen and oxygen atoms in total. The fourth-order valence-electron chi connectivity index (χ4n) is 1.59. The first-order valence-corrected chi connectivity index (χ1v) is 5.54. The molecule has 2 aromatic heterocycles. The third-order valence-electron chi connectivity index (χ3n) is 2.59. The molecule has 90 valence electrons. The maximum atomic E-state index is 11.5. The molecule has 0 fully saturated rings. The molecule has 0 aliphatic rings. The smallest absolute Gasteiger partial charge is 0.269 e. The number of carbonyl (C=O) groups excluding carboxylic acids is 1. The normalized spacial score (nSPS) is 10.4. The minimum absolute atomic E-state index is 0.119. The summed E-state index contributed by atoms with van der Waals surface area (Å²) in [6.07, 6.45) is 5.18. The van der Waals surface area contributed by atoms with Crippen LogP contribution in [0.3, 0.4) is 0 Å². The van der Waals surface area contributed by atoms with E-state index in [1.807, 2.05) is 13.1 Å². The lowest BCUT2D eigenvalue weighted by Gasteiger charge is -2.03. The molecule has 0 aliphatic heterocycles. The molecule has 2 aromatic rings. The van der Waals surface area contributed by atoms with Gasteiger partial charge in [-0.3, -0.25) is 15.0 Å².